The molecule has 0 saturated heterocycles. The number of hydrogen-bond donors (Lipinski definition) is 2. The van der Waals surface area contributed by atoms with Gasteiger partial charge in [-0.25, -0.2) is 14.6 Å². The lowest BCUT2D eigenvalue weighted by molar-refractivity contribution is 0.321. The Morgan fingerprint density at radius 2 is 1.95 bits per heavy atom. The van der Waals surface area contributed by atoms with Gasteiger partial charge in [0.05, 0.1) is 17.1 Å². The van der Waals surface area contributed by atoms with Gasteiger partial charge in [-0.3, -0.25) is 0 Å². The van der Waals surface area contributed by atoms with Crippen LogP contribution in [-0.2, 0) is 5.54 Å². The minimum absolute atomic E-state index is 0.249. The summed E-state index contributed by atoms with van der Waals surface area (Å²) in [6, 6.07) is 0. The van der Waals surface area contributed by atoms with Crippen molar-refractivity contribution in [3.8, 4) is 0 Å². The number of oxime groups is 1. The van der Waals surface area contributed by atoms with Gasteiger partial charge in [-0.05, 0) is 20.8 Å². The normalized spacial score (nSPS) is 11.6. The van der Waals surface area contributed by atoms with Crippen LogP contribution in [-0.4, -0.2) is 31.2 Å². The van der Waals surface area contributed by atoms with Gasteiger partial charge in [-0.15, -0.1) is 0 Å². The van der Waals surface area contributed by atoms with Gasteiger partial charge in [0.15, 0.2) is 5.65 Å². The Bertz CT molecular complexity index is 582. The molecule has 0 atom stereocenters. The predicted molar refractivity (Wildman–Crippen MR) is 75.5 cm³/mol. The number of anilines is 1. The van der Waals surface area contributed by atoms with E-state index in [4.69, 9.17) is 10.9 Å². The maximum atomic E-state index is 8.62. The first-order valence-electron chi connectivity index (χ1n) is 6.12. The van der Waals surface area contributed by atoms with Crippen LogP contribution in [0.5, 0.6) is 0 Å². The fraction of sp³-hybridized carbons (Fsp3) is 0.500. The molecule has 0 saturated carbocycles. The monoisotopic (exact) mass is 264 g/mol. The summed E-state index contributed by atoms with van der Waals surface area (Å²) in [6.45, 7) is 9.99. The van der Waals surface area contributed by atoms with E-state index in [9.17, 15) is 0 Å². The molecule has 2 heterocycles. The number of nitrogen functional groups attached to an aromatic ring is 1. The highest BCUT2D eigenvalue weighted by Gasteiger charge is 2.22. The zero-order valence-electron chi connectivity index (χ0n) is 11.9. The second-order valence-corrected chi connectivity index (χ2v) is 4.67. The quantitative estimate of drug-likeness (QED) is 0.466. The third-order valence-electron chi connectivity index (χ3n) is 2.34. The van der Waals surface area contributed by atoms with Crippen molar-refractivity contribution in [2.45, 2.75) is 40.2 Å². The van der Waals surface area contributed by atoms with Crippen LogP contribution in [0, 0.1) is 0 Å². The Balaban J connectivity index is 0.000000861. The Morgan fingerprint density at radius 1 is 1.32 bits per heavy atom. The average molecular weight is 264 g/mol. The highest BCUT2D eigenvalue weighted by Crippen LogP contribution is 2.25. The predicted octanol–water partition coefficient (Wildman–Crippen LogP) is 2.00. The van der Waals surface area contributed by atoms with Gasteiger partial charge in [0.1, 0.15) is 17.8 Å². The van der Waals surface area contributed by atoms with E-state index in [1.54, 1.807) is 4.68 Å². The standard InChI is InChI=1S/C10H14N6O.C2H6/c1-10(2,3)16-9-7(6(15-16)4-14-17)8(11)12-5-13-9;1-2/h4-5,17H,1-3H3,(H2,11,12,13);1-2H3/b14-4+;. The van der Waals surface area contributed by atoms with E-state index in [1.807, 2.05) is 34.6 Å². The fourth-order valence-electron chi connectivity index (χ4n) is 1.61. The van der Waals surface area contributed by atoms with Crippen molar-refractivity contribution < 1.29 is 5.21 Å². The van der Waals surface area contributed by atoms with Crippen LogP contribution in [0.1, 0.15) is 40.3 Å². The summed E-state index contributed by atoms with van der Waals surface area (Å²) in [5.41, 5.74) is 6.63. The lowest BCUT2D eigenvalue weighted by atomic mass is 10.1. The first-order chi connectivity index (χ1) is 8.95. The second kappa shape index (κ2) is 5.64. The summed E-state index contributed by atoms with van der Waals surface area (Å²) in [5, 5.41) is 16.5. The maximum absolute atomic E-state index is 8.62. The number of nitrogens with zero attached hydrogens (tertiary/aromatic N) is 5. The molecule has 0 bridgehead atoms. The first kappa shape index (κ1) is 14.9. The Labute approximate surface area is 112 Å². The van der Waals surface area contributed by atoms with Crippen LogP contribution in [0.2, 0.25) is 0 Å². The van der Waals surface area contributed by atoms with Crippen molar-refractivity contribution in [1.82, 2.24) is 19.7 Å². The summed E-state index contributed by atoms with van der Waals surface area (Å²) in [6.07, 6.45) is 2.62. The summed E-state index contributed by atoms with van der Waals surface area (Å²) in [4.78, 5) is 8.09. The number of hydrogen-bond acceptors (Lipinski definition) is 6. The van der Waals surface area contributed by atoms with Crippen LogP contribution in [0.3, 0.4) is 0 Å². The van der Waals surface area contributed by atoms with Crippen LogP contribution in [0.4, 0.5) is 5.82 Å². The molecule has 2 rings (SSSR count). The van der Waals surface area contributed by atoms with E-state index in [0.29, 0.717) is 22.5 Å². The molecular formula is C12H20N6O. The number of rotatable bonds is 1. The molecule has 7 nitrogen and oxygen atoms in total. The molecular weight excluding hydrogens is 244 g/mol. The second-order valence-electron chi connectivity index (χ2n) is 4.67. The SMILES string of the molecule is CC.CC(C)(C)n1nc(/C=N/O)c2c(N)ncnc21. The van der Waals surface area contributed by atoms with Crippen molar-refractivity contribution >= 4 is 23.1 Å². The summed E-state index contributed by atoms with van der Waals surface area (Å²) in [5.74, 6) is 0.320. The molecule has 7 heteroatoms. The molecule has 0 aliphatic carbocycles. The van der Waals surface area contributed by atoms with Gasteiger partial charge in [0, 0.05) is 0 Å². The van der Waals surface area contributed by atoms with Crippen molar-refractivity contribution in [3.63, 3.8) is 0 Å². The zero-order valence-corrected chi connectivity index (χ0v) is 11.9. The Kier molecular flexibility index (Phi) is 4.42. The molecule has 3 N–H and O–H groups in total. The van der Waals surface area contributed by atoms with Gasteiger partial charge >= 0.3 is 0 Å². The van der Waals surface area contributed by atoms with Crippen LogP contribution in [0.15, 0.2) is 11.5 Å². The lowest BCUT2D eigenvalue weighted by Crippen LogP contribution is -2.23. The molecule has 0 radical (unpaired) electrons. The fourth-order valence-corrected chi connectivity index (χ4v) is 1.61. The van der Waals surface area contributed by atoms with Gasteiger partial charge < -0.3 is 10.9 Å². The smallest absolute Gasteiger partial charge is 0.164 e. The van der Waals surface area contributed by atoms with E-state index >= 15 is 0 Å². The topological polar surface area (TPSA) is 102 Å². The van der Waals surface area contributed by atoms with E-state index in [-0.39, 0.29) is 5.54 Å². The number of nitrogens with two attached hydrogens (primary N) is 1. The van der Waals surface area contributed by atoms with E-state index in [1.165, 1.54) is 12.5 Å². The van der Waals surface area contributed by atoms with Gasteiger partial charge in [0.2, 0.25) is 0 Å². The summed E-state index contributed by atoms with van der Waals surface area (Å²) < 4.78 is 1.73. The van der Waals surface area contributed by atoms with Gasteiger partial charge in [-0.1, -0.05) is 19.0 Å². The average Bonchev–Trinajstić information content (AvgIpc) is 2.73. The molecule has 104 valence electrons. The third kappa shape index (κ3) is 2.81. The summed E-state index contributed by atoms with van der Waals surface area (Å²) >= 11 is 0. The van der Waals surface area contributed by atoms with Gasteiger partial charge in [0.25, 0.3) is 0 Å². The van der Waals surface area contributed by atoms with E-state index in [0.717, 1.165) is 0 Å². The highest BCUT2D eigenvalue weighted by atomic mass is 16.4. The number of fused-ring (bicyclic) bond motifs is 1. The lowest BCUT2D eigenvalue weighted by Gasteiger charge is -2.19. The summed E-state index contributed by atoms with van der Waals surface area (Å²) in [7, 11) is 0. The molecule has 0 aliphatic rings. The molecule has 0 spiro atoms. The Hall–Kier alpha value is -2.18. The van der Waals surface area contributed by atoms with Crippen LogP contribution in [0.25, 0.3) is 11.0 Å². The number of aromatic nitrogens is 4. The molecule has 2 aromatic heterocycles. The van der Waals surface area contributed by atoms with Crippen molar-refractivity contribution in [2.75, 3.05) is 5.73 Å². The first-order valence-corrected chi connectivity index (χ1v) is 6.12. The Morgan fingerprint density at radius 3 is 2.47 bits per heavy atom. The van der Waals surface area contributed by atoms with Crippen LogP contribution >= 0.6 is 0 Å². The van der Waals surface area contributed by atoms with Crippen LogP contribution < -0.4 is 5.73 Å². The molecule has 0 aliphatic heterocycles. The minimum Gasteiger partial charge on any atom is -0.411 e. The maximum Gasteiger partial charge on any atom is 0.164 e. The molecule has 19 heavy (non-hydrogen) atoms. The van der Waals surface area contributed by atoms with Crippen molar-refractivity contribution in [1.29, 1.82) is 0 Å². The molecule has 0 amide bonds. The largest absolute Gasteiger partial charge is 0.411 e. The van der Waals surface area contributed by atoms with E-state index < -0.39 is 0 Å². The molecule has 0 aromatic carbocycles. The third-order valence-corrected chi connectivity index (χ3v) is 2.34. The van der Waals surface area contributed by atoms with Crippen molar-refractivity contribution in [3.05, 3.63) is 12.0 Å². The zero-order chi connectivity index (χ0) is 14.6. The minimum atomic E-state index is -0.249. The van der Waals surface area contributed by atoms with E-state index in [2.05, 4.69) is 20.2 Å². The molecule has 2 aromatic rings. The molecule has 0 fully saturated rings. The van der Waals surface area contributed by atoms with Gasteiger partial charge in [-0.2, -0.15) is 5.10 Å². The highest BCUT2D eigenvalue weighted by molar-refractivity contribution is 6.00. The van der Waals surface area contributed by atoms with Crippen molar-refractivity contribution in [2.24, 2.45) is 5.16 Å². The molecule has 0 unspecified atom stereocenters.